The molecule has 17 heavy (non-hydrogen) atoms. The average molecular weight is 240 g/mol. The second-order valence-corrected chi connectivity index (χ2v) is 3.72. The topological polar surface area (TPSA) is 63.6 Å². The van der Waals surface area contributed by atoms with Crippen LogP contribution in [0.4, 0.5) is 0 Å². The van der Waals surface area contributed by atoms with Crippen molar-refractivity contribution < 1.29 is 14.6 Å². The van der Waals surface area contributed by atoms with Crippen LogP contribution in [0.15, 0.2) is 18.2 Å². The summed E-state index contributed by atoms with van der Waals surface area (Å²) in [5, 5.41) is 12.2. The van der Waals surface area contributed by atoms with Gasteiger partial charge in [-0.3, -0.25) is 0 Å². The SMILES string of the molecule is COCC(CCO)NCc1cccc(OC)n1. The molecule has 0 amide bonds. The zero-order valence-electron chi connectivity index (χ0n) is 10.3. The van der Waals surface area contributed by atoms with Gasteiger partial charge in [-0.1, -0.05) is 6.07 Å². The Labute approximate surface area is 102 Å². The second kappa shape index (κ2) is 8.00. The summed E-state index contributed by atoms with van der Waals surface area (Å²) in [6, 6.07) is 5.78. The number of aliphatic hydroxyl groups is 1. The van der Waals surface area contributed by atoms with Crippen LogP contribution in [0.3, 0.4) is 0 Å². The normalized spacial score (nSPS) is 12.4. The van der Waals surface area contributed by atoms with Crippen molar-refractivity contribution in [1.29, 1.82) is 0 Å². The molecule has 1 heterocycles. The highest BCUT2D eigenvalue weighted by Crippen LogP contribution is 2.06. The first kappa shape index (κ1) is 13.9. The summed E-state index contributed by atoms with van der Waals surface area (Å²) in [6.07, 6.45) is 0.664. The molecule has 96 valence electrons. The van der Waals surface area contributed by atoms with Gasteiger partial charge >= 0.3 is 0 Å². The van der Waals surface area contributed by atoms with Crippen LogP contribution in [0.25, 0.3) is 0 Å². The fourth-order valence-corrected chi connectivity index (χ4v) is 1.52. The van der Waals surface area contributed by atoms with Crippen molar-refractivity contribution in [2.75, 3.05) is 27.4 Å². The van der Waals surface area contributed by atoms with E-state index >= 15 is 0 Å². The molecule has 0 aromatic carbocycles. The maximum absolute atomic E-state index is 8.91. The molecule has 0 aliphatic heterocycles. The van der Waals surface area contributed by atoms with Crippen molar-refractivity contribution in [3.8, 4) is 5.88 Å². The van der Waals surface area contributed by atoms with Crippen molar-refractivity contribution in [3.63, 3.8) is 0 Å². The van der Waals surface area contributed by atoms with Gasteiger partial charge in [0.1, 0.15) is 0 Å². The van der Waals surface area contributed by atoms with Gasteiger partial charge in [-0.25, -0.2) is 4.98 Å². The number of hydrogen-bond acceptors (Lipinski definition) is 5. The maximum atomic E-state index is 8.91. The van der Waals surface area contributed by atoms with Crippen molar-refractivity contribution >= 4 is 0 Å². The van der Waals surface area contributed by atoms with Crippen LogP contribution in [0.5, 0.6) is 5.88 Å². The number of aliphatic hydroxyl groups excluding tert-OH is 1. The third kappa shape index (κ3) is 5.12. The largest absolute Gasteiger partial charge is 0.481 e. The lowest BCUT2D eigenvalue weighted by atomic mass is 10.2. The molecule has 1 atom stereocenters. The molecule has 0 fully saturated rings. The molecule has 2 N–H and O–H groups in total. The summed E-state index contributed by atoms with van der Waals surface area (Å²) in [5.74, 6) is 0.606. The first-order valence-corrected chi connectivity index (χ1v) is 5.63. The van der Waals surface area contributed by atoms with E-state index in [1.807, 2.05) is 18.2 Å². The van der Waals surface area contributed by atoms with Crippen LogP contribution >= 0.6 is 0 Å². The quantitative estimate of drug-likeness (QED) is 0.696. The number of ether oxygens (including phenoxy) is 2. The summed E-state index contributed by atoms with van der Waals surface area (Å²) in [7, 11) is 3.24. The van der Waals surface area contributed by atoms with Crippen LogP contribution in [0.1, 0.15) is 12.1 Å². The van der Waals surface area contributed by atoms with E-state index in [2.05, 4.69) is 10.3 Å². The highest BCUT2D eigenvalue weighted by atomic mass is 16.5. The molecular weight excluding hydrogens is 220 g/mol. The van der Waals surface area contributed by atoms with Gasteiger partial charge in [0, 0.05) is 32.4 Å². The first-order valence-electron chi connectivity index (χ1n) is 5.63. The van der Waals surface area contributed by atoms with Crippen molar-refractivity contribution in [3.05, 3.63) is 23.9 Å². The van der Waals surface area contributed by atoms with E-state index in [9.17, 15) is 0 Å². The Kier molecular flexibility index (Phi) is 6.54. The zero-order chi connectivity index (χ0) is 12.5. The Bertz CT molecular complexity index is 314. The van der Waals surface area contributed by atoms with Crippen molar-refractivity contribution in [2.24, 2.45) is 0 Å². The average Bonchev–Trinajstić information content (AvgIpc) is 2.37. The van der Waals surface area contributed by atoms with Crippen LogP contribution in [0.2, 0.25) is 0 Å². The van der Waals surface area contributed by atoms with Gasteiger partial charge < -0.3 is 19.9 Å². The minimum atomic E-state index is 0.137. The van der Waals surface area contributed by atoms with E-state index in [-0.39, 0.29) is 12.6 Å². The molecule has 1 unspecified atom stereocenters. The molecule has 0 bridgehead atoms. The molecule has 0 aliphatic carbocycles. The van der Waals surface area contributed by atoms with E-state index in [0.29, 0.717) is 25.5 Å². The fraction of sp³-hybridized carbons (Fsp3) is 0.583. The standard InChI is InChI=1S/C12H20N2O3/c1-16-9-11(6-7-15)13-8-10-4-3-5-12(14-10)17-2/h3-5,11,13,15H,6-9H2,1-2H3. The monoisotopic (exact) mass is 240 g/mol. The number of pyridine rings is 1. The van der Waals surface area contributed by atoms with Gasteiger partial charge in [-0.05, 0) is 12.5 Å². The molecule has 1 aromatic rings. The Hall–Kier alpha value is -1.17. The summed E-state index contributed by atoms with van der Waals surface area (Å²) in [5.41, 5.74) is 0.906. The third-order valence-corrected chi connectivity index (χ3v) is 2.41. The van der Waals surface area contributed by atoms with Gasteiger partial charge in [0.25, 0.3) is 0 Å². The molecule has 5 heteroatoms. The molecule has 1 aromatic heterocycles. The number of rotatable bonds is 8. The molecule has 0 spiro atoms. The lowest BCUT2D eigenvalue weighted by molar-refractivity contribution is 0.147. The Morgan fingerprint density at radius 1 is 1.41 bits per heavy atom. The van der Waals surface area contributed by atoms with E-state index in [1.165, 1.54) is 0 Å². The molecule has 5 nitrogen and oxygen atoms in total. The number of methoxy groups -OCH3 is 2. The van der Waals surface area contributed by atoms with Crippen molar-refractivity contribution in [2.45, 2.75) is 19.0 Å². The Morgan fingerprint density at radius 3 is 2.88 bits per heavy atom. The number of aromatic nitrogens is 1. The van der Waals surface area contributed by atoms with E-state index < -0.39 is 0 Å². The summed E-state index contributed by atoms with van der Waals surface area (Å²) >= 11 is 0. The number of hydrogen-bond donors (Lipinski definition) is 2. The van der Waals surface area contributed by atoms with E-state index in [0.717, 1.165) is 5.69 Å². The molecule has 0 radical (unpaired) electrons. The zero-order valence-corrected chi connectivity index (χ0v) is 10.3. The Balaban J connectivity index is 2.46. The molecule has 0 saturated heterocycles. The highest BCUT2D eigenvalue weighted by Gasteiger charge is 2.07. The minimum absolute atomic E-state index is 0.137. The summed E-state index contributed by atoms with van der Waals surface area (Å²) in [4.78, 5) is 4.30. The van der Waals surface area contributed by atoms with Gasteiger partial charge in [0.15, 0.2) is 0 Å². The smallest absolute Gasteiger partial charge is 0.213 e. The predicted octanol–water partition coefficient (Wildman–Crippen LogP) is 0.577. The van der Waals surface area contributed by atoms with Gasteiger partial charge in [0.05, 0.1) is 19.4 Å². The summed E-state index contributed by atoms with van der Waals surface area (Å²) in [6.45, 7) is 1.35. The number of nitrogens with one attached hydrogen (secondary N) is 1. The van der Waals surface area contributed by atoms with Crippen LogP contribution in [0, 0.1) is 0 Å². The molecule has 1 rings (SSSR count). The van der Waals surface area contributed by atoms with Gasteiger partial charge in [0.2, 0.25) is 5.88 Å². The lowest BCUT2D eigenvalue weighted by Crippen LogP contribution is -2.33. The first-order chi connectivity index (χ1) is 8.30. The maximum Gasteiger partial charge on any atom is 0.213 e. The third-order valence-electron chi connectivity index (χ3n) is 2.41. The van der Waals surface area contributed by atoms with E-state index in [1.54, 1.807) is 14.2 Å². The van der Waals surface area contributed by atoms with Crippen molar-refractivity contribution in [1.82, 2.24) is 10.3 Å². The highest BCUT2D eigenvalue weighted by molar-refractivity contribution is 5.15. The lowest BCUT2D eigenvalue weighted by Gasteiger charge is -2.16. The molecule has 0 saturated carbocycles. The van der Waals surface area contributed by atoms with Gasteiger partial charge in [-0.2, -0.15) is 0 Å². The number of nitrogens with zero attached hydrogens (tertiary/aromatic N) is 1. The van der Waals surface area contributed by atoms with Crippen LogP contribution in [-0.4, -0.2) is 43.6 Å². The molecular formula is C12H20N2O3. The molecule has 0 aliphatic rings. The summed E-state index contributed by atoms with van der Waals surface area (Å²) < 4.78 is 10.1. The van der Waals surface area contributed by atoms with E-state index in [4.69, 9.17) is 14.6 Å². The predicted molar refractivity (Wildman–Crippen MR) is 65.0 cm³/mol. The van der Waals surface area contributed by atoms with Crippen LogP contribution < -0.4 is 10.1 Å². The fourth-order valence-electron chi connectivity index (χ4n) is 1.52. The minimum Gasteiger partial charge on any atom is -0.481 e. The van der Waals surface area contributed by atoms with Crippen LogP contribution in [-0.2, 0) is 11.3 Å². The second-order valence-electron chi connectivity index (χ2n) is 3.72. The Morgan fingerprint density at radius 2 is 2.24 bits per heavy atom. The van der Waals surface area contributed by atoms with Gasteiger partial charge in [-0.15, -0.1) is 0 Å².